The molecule has 1 unspecified atom stereocenters. The third-order valence-electron chi connectivity index (χ3n) is 10.1. The number of carbonyl (C=O) groups excluding carboxylic acids is 3. The SMILES string of the molecule is CCCCC/C=C\C=C\C(=O)CCCCCCCC(=O)OC[C@H](COP(=O)([O-])OCC[N+](C)(C)C)OC(=O)CCCCCCCCCCc1oc(CCC)c(C)c1C. The summed E-state index contributed by atoms with van der Waals surface area (Å²) in [5.41, 5.74) is 2.61. The minimum atomic E-state index is -4.66. The van der Waals surface area contributed by atoms with Crippen molar-refractivity contribution in [2.45, 2.75) is 181 Å². The number of nitrogens with zero attached hydrogens (tertiary/aromatic N) is 1. The summed E-state index contributed by atoms with van der Waals surface area (Å²) < 4.78 is 40.0. The molecule has 0 aliphatic carbocycles. The maximum atomic E-state index is 12.7. The first-order valence-electron chi connectivity index (χ1n) is 22.4. The van der Waals surface area contributed by atoms with Crippen molar-refractivity contribution >= 4 is 25.5 Å². The zero-order valence-corrected chi connectivity index (χ0v) is 38.3. The molecule has 1 aromatic rings. The van der Waals surface area contributed by atoms with Crippen molar-refractivity contribution in [3.63, 3.8) is 0 Å². The normalized spacial score (nSPS) is 13.7. The molecule has 0 amide bonds. The van der Waals surface area contributed by atoms with Crippen molar-refractivity contribution in [2.75, 3.05) is 47.5 Å². The van der Waals surface area contributed by atoms with E-state index in [0.717, 1.165) is 95.0 Å². The first-order valence-corrected chi connectivity index (χ1v) is 23.8. The van der Waals surface area contributed by atoms with Crippen LogP contribution in [0.1, 0.15) is 171 Å². The molecule has 2 atom stereocenters. The Morgan fingerprint density at radius 2 is 1.26 bits per heavy atom. The van der Waals surface area contributed by atoms with Gasteiger partial charge in [0.1, 0.15) is 31.3 Å². The summed E-state index contributed by atoms with van der Waals surface area (Å²) in [6.07, 6.45) is 27.3. The van der Waals surface area contributed by atoms with E-state index in [4.69, 9.17) is 22.9 Å². The lowest BCUT2D eigenvalue weighted by molar-refractivity contribution is -0.870. The van der Waals surface area contributed by atoms with Gasteiger partial charge in [0.2, 0.25) is 0 Å². The predicted octanol–water partition coefficient (Wildman–Crippen LogP) is 10.6. The number of aryl methyl sites for hydroxylation is 2. The van der Waals surface area contributed by atoms with E-state index in [9.17, 15) is 23.8 Å². The zero-order chi connectivity index (χ0) is 43.1. The van der Waals surface area contributed by atoms with Gasteiger partial charge in [0, 0.05) is 32.1 Å². The summed E-state index contributed by atoms with van der Waals surface area (Å²) in [5.74, 6) is 1.45. The maximum Gasteiger partial charge on any atom is 0.306 e. The fourth-order valence-electron chi connectivity index (χ4n) is 6.33. The third-order valence-corrected chi connectivity index (χ3v) is 11.1. The molecule has 58 heavy (non-hydrogen) atoms. The molecule has 0 aromatic carbocycles. The predicted molar refractivity (Wildman–Crippen MR) is 230 cm³/mol. The molecule has 0 saturated carbocycles. The topological polar surface area (TPSA) is 141 Å². The van der Waals surface area contributed by atoms with Crippen molar-refractivity contribution < 1.29 is 51.3 Å². The molecule has 0 aliphatic heterocycles. The Bertz CT molecular complexity index is 1380. The van der Waals surface area contributed by atoms with Crippen LogP contribution in [0.4, 0.5) is 0 Å². The molecule has 0 spiro atoms. The Labute approximate surface area is 351 Å². The maximum absolute atomic E-state index is 12.7. The summed E-state index contributed by atoms with van der Waals surface area (Å²) in [6.45, 7) is 8.24. The minimum Gasteiger partial charge on any atom is -0.756 e. The number of phosphoric acid groups is 1. The first kappa shape index (κ1) is 53.5. The molecule has 0 fully saturated rings. The molecule has 0 saturated heterocycles. The molecule has 0 aliphatic rings. The molecule has 1 aromatic heterocycles. The Morgan fingerprint density at radius 1 is 0.690 bits per heavy atom. The number of rotatable bonds is 37. The quantitative estimate of drug-likeness (QED) is 0.0159. The Balaban J connectivity index is 2.37. The Morgan fingerprint density at radius 3 is 1.86 bits per heavy atom. The van der Waals surface area contributed by atoms with Crippen LogP contribution in [0.25, 0.3) is 0 Å². The Hall–Kier alpha value is -2.56. The van der Waals surface area contributed by atoms with Crippen LogP contribution < -0.4 is 4.89 Å². The van der Waals surface area contributed by atoms with Gasteiger partial charge in [0.25, 0.3) is 7.82 Å². The fraction of sp³-hybridized carbons (Fsp3) is 0.761. The van der Waals surface area contributed by atoms with Crippen molar-refractivity contribution in [3.05, 3.63) is 47.0 Å². The van der Waals surface area contributed by atoms with Gasteiger partial charge in [-0.1, -0.05) is 103 Å². The molecule has 334 valence electrons. The monoisotopic (exact) mass is 838 g/mol. The van der Waals surface area contributed by atoms with Gasteiger partial charge < -0.3 is 32.3 Å². The lowest BCUT2D eigenvalue weighted by Crippen LogP contribution is -2.37. The van der Waals surface area contributed by atoms with E-state index in [0.29, 0.717) is 30.3 Å². The lowest BCUT2D eigenvalue weighted by atomic mass is 10.0. The largest absolute Gasteiger partial charge is 0.756 e. The number of hydrogen-bond donors (Lipinski definition) is 0. The number of quaternary nitrogens is 1. The van der Waals surface area contributed by atoms with E-state index in [-0.39, 0.29) is 31.8 Å². The Kier molecular flexibility index (Phi) is 29.7. The van der Waals surface area contributed by atoms with E-state index in [2.05, 4.69) is 33.8 Å². The number of esters is 2. The van der Waals surface area contributed by atoms with Crippen molar-refractivity contribution in [2.24, 2.45) is 0 Å². The highest BCUT2D eigenvalue weighted by atomic mass is 31.2. The van der Waals surface area contributed by atoms with E-state index >= 15 is 0 Å². The molecule has 1 heterocycles. The summed E-state index contributed by atoms with van der Waals surface area (Å²) >= 11 is 0. The average molecular weight is 838 g/mol. The lowest BCUT2D eigenvalue weighted by Gasteiger charge is -2.28. The smallest absolute Gasteiger partial charge is 0.306 e. The van der Waals surface area contributed by atoms with Crippen LogP contribution in [-0.4, -0.2) is 75.8 Å². The van der Waals surface area contributed by atoms with E-state index in [1.54, 1.807) is 6.08 Å². The number of allylic oxidation sites excluding steroid dienone is 4. The summed E-state index contributed by atoms with van der Waals surface area (Å²) in [7, 11) is 1.07. The van der Waals surface area contributed by atoms with E-state index in [1.165, 1.54) is 43.2 Å². The van der Waals surface area contributed by atoms with Crippen LogP contribution in [0, 0.1) is 13.8 Å². The summed E-state index contributed by atoms with van der Waals surface area (Å²) in [4.78, 5) is 49.7. The second kappa shape index (κ2) is 32.2. The van der Waals surface area contributed by atoms with Crippen molar-refractivity contribution in [1.29, 1.82) is 0 Å². The van der Waals surface area contributed by atoms with Crippen LogP contribution in [0.5, 0.6) is 0 Å². The van der Waals surface area contributed by atoms with Crippen LogP contribution in [0.3, 0.4) is 0 Å². The second-order valence-corrected chi connectivity index (χ2v) is 18.1. The molecule has 1 rings (SSSR count). The summed E-state index contributed by atoms with van der Waals surface area (Å²) in [5, 5.41) is 0. The molecule has 11 nitrogen and oxygen atoms in total. The van der Waals surface area contributed by atoms with Crippen molar-refractivity contribution in [3.8, 4) is 0 Å². The third kappa shape index (κ3) is 28.8. The van der Waals surface area contributed by atoms with Crippen molar-refractivity contribution in [1.82, 2.24) is 0 Å². The number of ether oxygens (including phenoxy) is 2. The number of hydrogen-bond acceptors (Lipinski definition) is 10. The van der Waals surface area contributed by atoms with Crippen LogP contribution >= 0.6 is 7.82 Å². The number of likely N-dealkylation sites (N-methyl/N-ethyl adjacent to an activating group) is 1. The highest BCUT2D eigenvalue weighted by Gasteiger charge is 2.22. The van der Waals surface area contributed by atoms with Gasteiger partial charge >= 0.3 is 11.9 Å². The van der Waals surface area contributed by atoms with Crippen LogP contribution in [0.15, 0.2) is 28.7 Å². The number of furan rings is 1. The van der Waals surface area contributed by atoms with Gasteiger partial charge in [-0.2, -0.15) is 0 Å². The highest BCUT2D eigenvalue weighted by molar-refractivity contribution is 7.45. The van der Waals surface area contributed by atoms with Gasteiger partial charge in [0.05, 0.1) is 27.7 Å². The van der Waals surface area contributed by atoms with Gasteiger partial charge in [-0.25, -0.2) is 0 Å². The van der Waals surface area contributed by atoms with Gasteiger partial charge in [-0.15, -0.1) is 0 Å². The molecular formula is C46H80NO10P. The first-order chi connectivity index (χ1) is 27.7. The molecule has 0 radical (unpaired) electrons. The molecule has 0 N–H and O–H groups in total. The zero-order valence-electron chi connectivity index (χ0n) is 37.5. The second-order valence-electron chi connectivity index (χ2n) is 16.7. The number of phosphoric ester groups is 1. The van der Waals surface area contributed by atoms with Gasteiger partial charge in [0.15, 0.2) is 11.9 Å². The standard InChI is InChI=1S/C46H80NO10P/c1-8-10-11-12-15-19-24-30-41(48)31-25-20-18-23-27-33-45(49)53-37-42(38-55-58(51,52)54-36-35-47(5,6)7)56-46(50)34-28-22-17-14-13-16-21-26-32-44-40(4)39(3)43(57-44)29-9-2/h15,19,24,30,42H,8-14,16-18,20-23,25-29,31-38H2,1-7H3/b19-15-,30-24+/t42-/m1/s1. The summed E-state index contributed by atoms with van der Waals surface area (Å²) in [6, 6.07) is 0. The molecule has 0 bridgehead atoms. The minimum absolute atomic E-state index is 0.0574. The van der Waals surface area contributed by atoms with Gasteiger partial charge in [-0.3, -0.25) is 18.9 Å². The van der Waals surface area contributed by atoms with E-state index < -0.39 is 32.5 Å². The fourth-order valence-corrected chi connectivity index (χ4v) is 7.06. The number of ketones is 1. The van der Waals surface area contributed by atoms with E-state index in [1.807, 2.05) is 33.3 Å². The van der Waals surface area contributed by atoms with Crippen LogP contribution in [0.2, 0.25) is 0 Å². The van der Waals surface area contributed by atoms with Gasteiger partial charge in [-0.05, 0) is 76.0 Å². The average Bonchev–Trinajstić information content (AvgIpc) is 3.43. The number of unbranched alkanes of at least 4 members (excludes halogenated alkanes) is 14. The van der Waals surface area contributed by atoms with Crippen LogP contribution in [-0.2, 0) is 50.3 Å². The number of carbonyl (C=O) groups is 3. The molecule has 12 heteroatoms. The highest BCUT2D eigenvalue weighted by Crippen LogP contribution is 2.38. The molecular weight excluding hydrogens is 757 g/mol.